The van der Waals surface area contributed by atoms with Crippen LogP contribution in [0.3, 0.4) is 0 Å². The van der Waals surface area contributed by atoms with Crippen molar-refractivity contribution in [3.63, 3.8) is 0 Å². The highest BCUT2D eigenvalue weighted by Gasteiger charge is 2.30. The van der Waals surface area contributed by atoms with E-state index in [1.165, 1.54) is 0 Å². The molecule has 2 aliphatic rings. The Morgan fingerprint density at radius 3 is 0.706 bits per heavy atom. The molecule has 8 nitrogen and oxygen atoms in total. The van der Waals surface area contributed by atoms with Crippen molar-refractivity contribution in [2.75, 3.05) is 0 Å². The van der Waals surface area contributed by atoms with E-state index in [4.69, 9.17) is 0 Å². The molecule has 0 amide bonds. The van der Waals surface area contributed by atoms with Crippen LogP contribution in [0, 0.1) is 90.6 Å². The van der Waals surface area contributed by atoms with Crippen molar-refractivity contribution >= 4 is 22.3 Å². The summed E-state index contributed by atoms with van der Waals surface area (Å²) in [6.07, 6.45) is 0.933. The fraction of sp³-hybridized carbons (Fsp3) is 0.154. The third-order valence-electron chi connectivity index (χ3n) is 5.81. The average molecular weight is 434 g/mol. The molecule has 0 fully saturated rings. The molecule has 8 heteroatoms. The van der Waals surface area contributed by atoms with Crippen LogP contribution in [0.5, 0.6) is 0 Å². The first-order valence-corrected chi connectivity index (χ1v) is 9.86. The summed E-state index contributed by atoms with van der Waals surface area (Å²) in [5.74, 6) is 0. The first-order valence-electron chi connectivity index (χ1n) is 9.86. The predicted octanol–water partition coefficient (Wildman–Crippen LogP) is 4.48. The van der Waals surface area contributed by atoms with Gasteiger partial charge in [-0.1, -0.05) is 0 Å². The van der Waals surface area contributed by atoms with Crippen LogP contribution in [0.15, 0.2) is 34.4 Å². The second-order valence-corrected chi connectivity index (χ2v) is 7.25. The first kappa shape index (κ1) is 22.8. The van der Waals surface area contributed by atoms with E-state index in [-0.39, 0.29) is 48.0 Å². The zero-order valence-electron chi connectivity index (χ0n) is 17.6. The minimum atomic E-state index is -0.122. The molecule has 0 bridgehead atoms. The van der Waals surface area contributed by atoms with Crippen LogP contribution < -0.4 is 0 Å². The monoisotopic (exact) mass is 434 g/mol. The van der Waals surface area contributed by atoms with E-state index >= 15 is 0 Å². The minimum absolute atomic E-state index is 0.122. The lowest BCUT2D eigenvalue weighted by atomic mass is 9.73. The van der Waals surface area contributed by atoms with Gasteiger partial charge in [0.05, 0.1) is 0 Å². The van der Waals surface area contributed by atoms with Gasteiger partial charge < -0.3 is 0 Å². The average Bonchev–Trinajstić information content (AvgIpc) is 2.87. The molecule has 0 aliphatic heterocycles. The van der Waals surface area contributed by atoms with E-state index in [1.54, 1.807) is 12.1 Å². The molecule has 3 rings (SSSR count). The number of fused-ring (bicyclic) bond motifs is 2. The molecular weight excluding hydrogens is 424 g/mol. The third kappa shape index (κ3) is 3.55. The minimum Gasteiger partial charge on any atom is -0.192 e. The molecule has 0 atom stereocenters. The molecule has 0 saturated carbocycles. The Morgan fingerprint density at radius 1 is 0.382 bits per heavy atom. The van der Waals surface area contributed by atoms with Crippen molar-refractivity contribution in [2.45, 2.75) is 25.7 Å². The van der Waals surface area contributed by atoms with Gasteiger partial charge in [-0.05, 0) is 82.4 Å². The lowest BCUT2D eigenvalue weighted by molar-refractivity contribution is 1.02. The quantitative estimate of drug-likeness (QED) is 0.533. The Labute approximate surface area is 195 Å². The van der Waals surface area contributed by atoms with Gasteiger partial charge in [-0.15, -0.1) is 0 Å². The van der Waals surface area contributed by atoms with Gasteiger partial charge in [-0.25, -0.2) is 0 Å². The Balaban J connectivity index is 2.62. The maximum absolute atomic E-state index is 9.48. The van der Waals surface area contributed by atoms with Crippen LogP contribution in [0.1, 0.15) is 47.9 Å². The topological polar surface area (TPSA) is 190 Å². The summed E-state index contributed by atoms with van der Waals surface area (Å²) in [7, 11) is 0. The molecule has 0 N–H and O–H groups in total. The van der Waals surface area contributed by atoms with Crippen LogP contribution in [0.2, 0.25) is 0 Å². The summed E-state index contributed by atoms with van der Waals surface area (Å²) < 4.78 is 0. The molecule has 0 radical (unpaired) electrons. The van der Waals surface area contributed by atoms with Gasteiger partial charge in [0.25, 0.3) is 0 Å². The van der Waals surface area contributed by atoms with Crippen LogP contribution in [-0.4, -0.2) is 0 Å². The van der Waals surface area contributed by atoms with Gasteiger partial charge in [0, 0.05) is 0 Å². The highest BCUT2D eigenvalue weighted by Crippen LogP contribution is 2.47. The summed E-state index contributed by atoms with van der Waals surface area (Å²) in [6.45, 7) is 0. The Hall–Kier alpha value is -5.90. The standard InChI is InChI=1S/C26H10N8/c27-7-15(8-28)19-1-2-20(16(9-29)10-30)24-6-26-22(18(13-33)14-34)4-3-21(17(11-31)12-32)25(26)5-23(19)24/h5-6H,1-4H2. The number of hydrogen-bond acceptors (Lipinski definition) is 8. The molecule has 0 aromatic heterocycles. The van der Waals surface area contributed by atoms with E-state index in [2.05, 4.69) is 0 Å². The molecule has 0 saturated heterocycles. The fourth-order valence-corrected chi connectivity index (χ4v) is 4.32. The number of hydrogen-bond donors (Lipinski definition) is 0. The van der Waals surface area contributed by atoms with E-state index in [0.717, 1.165) is 0 Å². The Morgan fingerprint density at radius 2 is 0.559 bits per heavy atom. The zero-order chi connectivity index (χ0) is 24.8. The molecule has 1 aromatic carbocycles. The van der Waals surface area contributed by atoms with Gasteiger partial charge in [0.1, 0.15) is 70.8 Å². The smallest absolute Gasteiger partial charge is 0.133 e. The lowest BCUT2D eigenvalue weighted by Crippen LogP contribution is -2.11. The summed E-state index contributed by atoms with van der Waals surface area (Å²) in [4.78, 5) is 0. The SMILES string of the molecule is N#CC(C#N)=C1CCC(=C(C#N)C#N)c2cc3c(cc21)C(=C(C#N)C#N)CCC3=C(C#N)C#N. The Kier molecular flexibility index (Phi) is 6.36. The molecule has 154 valence electrons. The van der Waals surface area contributed by atoms with Crippen LogP contribution >= 0.6 is 0 Å². The van der Waals surface area contributed by atoms with Gasteiger partial charge in [0.2, 0.25) is 0 Å². The predicted molar refractivity (Wildman–Crippen MR) is 117 cm³/mol. The van der Waals surface area contributed by atoms with Gasteiger partial charge >= 0.3 is 0 Å². The highest BCUT2D eigenvalue weighted by atomic mass is 14.4. The molecule has 34 heavy (non-hydrogen) atoms. The zero-order valence-corrected chi connectivity index (χ0v) is 17.6. The summed E-state index contributed by atoms with van der Waals surface area (Å²) >= 11 is 0. The summed E-state index contributed by atoms with van der Waals surface area (Å²) in [5.41, 5.74) is 2.95. The van der Waals surface area contributed by atoms with Gasteiger partial charge in [-0.3, -0.25) is 0 Å². The summed E-state index contributed by atoms with van der Waals surface area (Å²) in [6, 6.07) is 18.3. The van der Waals surface area contributed by atoms with E-state index in [1.807, 2.05) is 48.6 Å². The van der Waals surface area contributed by atoms with Crippen LogP contribution in [0.4, 0.5) is 0 Å². The lowest BCUT2D eigenvalue weighted by Gasteiger charge is -2.29. The van der Waals surface area contributed by atoms with Crippen molar-refractivity contribution in [2.24, 2.45) is 0 Å². The number of benzene rings is 1. The van der Waals surface area contributed by atoms with Crippen LogP contribution in [-0.2, 0) is 0 Å². The molecular formula is C26H10N8. The largest absolute Gasteiger partial charge is 0.192 e. The second kappa shape index (κ2) is 9.49. The molecule has 0 unspecified atom stereocenters. The summed E-state index contributed by atoms with van der Waals surface area (Å²) in [5, 5.41) is 75.9. The van der Waals surface area contributed by atoms with Crippen molar-refractivity contribution < 1.29 is 0 Å². The molecule has 1 aromatic rings. The van der Waals surface area contributed by atoms with Gasteiger partial charge in [0.15, 0.2) is 0 Å². The second-order valence-electron chi connectivity index (χ2n) is 7.25. The normalized spacial score (nSPS) is 12.9. The van der Waals surface area contributed by atoms with Crippen molar-refractivity contribution in [3.05, 3.63) is 56.7 Å². The molecule has 0 heterocycles. The Bertz CT molecular complexity index is 1310. The molecule has 0 spiro atoms. The maximum Gasteiger partial charge on any atom is 0.133 e. The van der Waals surface area contributed by atoms with E-state index < -0.39 is 0 Å². The van der Waals surface area contributed by atoms with Crippen molar-refractivity contribution in [1.29, 1.82) is 42.1 Å². The van der Waals surface area contributed by atoms with Crippen LogP contribution in [0.25, 0.3) is 22.3 Å². The molecule has 2 aliphatic carbocycles. The number of allylic oxidation sites excluding steroid dienone is 8. The third-order valence-corrected chi connectivity index (χ3v) is 5.81. The maximum atomic E-state index is 9.48. The number of nitrogens with zero attached hydrogens (tertiary/aromatic N) is 8. The first-order chi connectivity index (χ1) is 16.5. The van der Waals surface area contributed by atoms with Gasteiger partial charge in [-0.2, -0.15) is 42.1 Å². The number of nitriles is 8. The highest BCUT2D eigenvalue weighted by molar-refractivity contribution is 5.97. The van der Waals surface area contributed by atoms with E-state index in [0.29, 0.717) is 44.5 Å². The fourth-order valence-electron chi connectivity index (χ4n) is 4.32. The number of rotatable bonds is 0. The van der Waals surface area contributed by atoms with Crippen molar-refractivity contribution in [3.8, 4) is 48.6 Å². The van der Waals surface area contributed by atoms with Crippen molar-refractivity contribution in [1.82, 2.24) is 0 Å². The van der Waals surface area contributed by atoms with E-state index in [9.17, 15) is 42.1 Å².